The normalized spacial score (nSPS) is 12.3. The zero-order valence-electron chi connectivity index (χ0n) is 11.4. The molecule has 0 aliphatic rings. The highest BCUT2D eigenvalue weighted by Crippen LogP contribution is 2.23. The summed E-state index contributed by atoms with van der Waals surface area (Å²) in [5.41, 5.74) is 0.850. The molecule has 0 aliphatic heterocycles. The molecule has 20 heavy (non-hydrogen) atoms. The monoisotopic (exact) mass is 335 g/mol. The summed E-state index contributed by atoms with van der Waals surface area (Å²) in [6.45, 7) is 2.06. The van der Waals surface area contributed by atoms with E-state index in [1.165, 1.54) is 0 Å². The minimum absolute atomic E-state index is 0.525. The number of carbonyl (C=O) groups is 1. The molecule has 0 radical (unpaired) electrons. The second-order valence-corrected chi connectivity index (χ2v) is 5.80. The van der Waals surface area contributed by atoms with Gasteiger partial charge in [0.2, 0.25) is 0 Å². The third-order valence-electron chi connectivity index (χ3n) is 3.29. The van der Waals surface area contributed by atoms with Crippen molar-refractivity contribution in [1.82, 2.24) is 0 Å². The molecule has 2 rings (SSSR count). The number of unbranched alkanes of at least 4 members (excludes halogenated alkanes) is 1. The van der Waals surface area contributed by atoms with E-state index in [4.69, 9.17) is 0 Å². The van der Waals surface area contributed by atoms with Crippen LogP contribution in [0.1, 0.15) is 26.2 Å². The highest BCUT2D eigenvalue weighted by Gasteiger charge is 2.16. The predicted octanol–water partition coefficient (Wildman–Crippen LogP) is 4.66. The number of anilines is 1. The van der Waals surface area contributed by atoms with Gasteiger partial charge in [-0.1, -0.05) is 47.8 Å². The van der Waals surface area contributed by atoms with Gasteiger partial charge in [-0.2, -0.15) is 0 Å². The Balaban J connectivity index is 2.19. The van der Waals surface area contributed by atoms with Crippen LogP contribution in [0.5, 0.6) is 0 Å². The van der Waals surface area contributed by atoms with Crippen LogP contribution in [-0.4, -0.2) is 17.1 Å². The average Bonchev–Trinajstić information content (AvgIpc) is 2.43. The van der Waals surface area contributed by atoms with E-state index < -0.39 is 12.0 Å². The molecule has 106 valence electrons. The van der Waals surface area contributed by atoms with Crippen LogP contribution < -0.4 is 5.32 Å². The van der Waals surface area contributed by atoms with Crippen molar-refractivity contribution in [3.8, 4) is 0 Å². The van der Waals surface area contributed by atoms with Gasteiger partial charge in [0.1, 0.15) is 6.04 Å². The van der Waals surface area contributed by atoms with Gasteiger partial charge in [0.05, 0.1) is 0 Å². The number of carboxylic acids is 1. The van der Waals surface area contributed by atoms with Crippen molar-refractivity contribution in [3.05, 3.63) is 40.9 Å². The van der Waals surface area contributed by atoms with E-state index in [9.17, 15) is 9.90 Å². The van der Waals surface area contributed by atoms with Gasteiger partial charge >= 0.3 is 5.97 Å². The van der Waals surface area contributed by atoms with Gasteiger partial charge in [0, 0.05) is 10.2 Å². The van der Waals surface area contributed by atoms with Gasteiger partial charge in [0.25, 0.3) is 0 Å². The van der Waals surface area contributed by atoms with Crippen LogP contribution in [0.25, 0.3) is 10.8 Å². The first-order valence-corrected chi connectivity index (χ1v) is 7.58. The third kappa shape index (κ3) is 3.73. The minimum Gasteiger partial charge on any atom is -0.480 e. The van der Waals surface area contributed by atoms with Gasteiger partial charge in [-0.25, -0.2) is 4.79 Å². The molecular formula is C16H18BrNO2. The number of fused-ring (bicyclic) bond motifs is 1. The van der Waals surface area contributed by atoms with E-state index in [0.717, 1.165) is 33.8 Å². The van der Waals surface area contributed by atoms with Gasteiger partial charge in [-0.3, -0.25) is 0 Å². The molecule has 2 N–H and O–H groups in total. The quantitative estimate of drug-likeness (QED) is 0.807. The Bertz CT molecular complexity index is 612. The third-order valence-corrected chi connectivity index (χ3v) is 3.78. The molecule has 1 atom stereocenters. The van der Waals surface area contributed by atoms with Crippen LogP contribution in [0, 0.1) is 0 Å². The number of benzene rings is 2. The zero-order valence-corrected chi connectivity index (χ0v) is 13.0. The maximum absolute atomic E-state index is 11.2. The molecule has 0 saturated heterocycles. The first-order chi connectivity index (χ1) is 9.60. The molecule has 0 saturated carbocycles. The van der Waals surface area contributed by atoms with Crippen molar-refractivity contribution < 1.29 is 9.90 Å². The SMILES string of the molecule is CCCCC(Nc1ccc2cc(Br)ccc2c1)C(=O)O. The lowest BCUT2D eigenvalue weighted by molar-refractivity contribution is -0.138. The fourth-order valence-corrected chi connectivity index (χ4v) is 2.55. The Hall–Kier alpha value is -1.55. The molecule has 0 spiro atoms. The van der Waals surface area contributed by atoms with Crippen LogP contribution in [0.3, 0.4) is 0 Å². The highest BCUT2D eigenvalue weighted by molar-refractivity contribution is 9.10. The summed E-state index contributed by atoms with van der Waals surface area (Å²) in [6, 6.07) is 11.4. The number of hydrogen-bond donors (Lipinski definition) is 2. The summed E-state index contributed by atoms with van der Waals surface area (Å²) in [4.78, 5) is 11.2. The summed E-state index contributed by atoms with van der Waals surface area (Å²) < 4.78 is 1.04. The Kier molecular flexibility index (Phi) is 5.01. The number of rotatable bonds is 6. The van der Waals surface area contributed by atoms with Crippen molar-refractivity contribution in [2.45, 2.75) is 32.2 Å². The molecule has 2 aromatic rings. The summed E-state index contributed by atoms with van der Waals surface area (Å²) in [5, 5.41) is 14.6. The maximum atomic E-state index is 11.2. The van der Waals surface area contributed by atoms with Gasteiger partial charge in [-0.15, -0.1) is 0 Å². The second kappa shape index (κ2) is 6.75. The van der Waals surface area contributed by atoms with Crippen molar-refractivity contribution in [2.24, 2.45) is 0 Å². The molecular weight excluding hydrogens is 318 g/mol. The molecule has 3 nitrogen and oxygen atoms in total. The molecule has 4 heteroatoms. The summed E-state index contributed by atoms with van der Waals surface area (Å²) >= 11 is 3.45. The van der Waals surface area contributed by atoms with Crippen LogP contribution in [0.15, 0.2) is 40.9 Å². The van der Waals surface area contributed by atoms with Crippen LogP contribution in [0.2, 0.25) is 0 Å². The van der Waals surface area contributed by atoms with E-state index in [2.05, 4.69) is 28.2 Å². The van der Waals surface area contributed by atoms with Crippen LogP contribution >= 0.6 is 15.9 Å². The molecule has 1 unspecified atom stereocenters. The fourth-order valence-electron chi connectivity index (χ4n) is 2.17. The van der Waals surface area contributed by atoms with Gasteiger partial charge < -0.3 is 10.4 Å². The summed E-state index contributed by atoms with van der Waals surface area (Å²) in [6.07, 6.45) is 2.55. The number of nitrogens with one attached hydrogen (secondary N) is 1. The highest BCUT2D eigenvalue weighted by atomic mass is 79.9. The molecule has 0 amide bonds. The lowest BCUT2D eigenvalue weighted by atomic mass is 10.1. The lowest BCUT2D eigenvalue weighted by Crippen LogP contribution is -2.29. The first-order valence-electron chi connectivity index (χ1n) is 6.79. The zero-order chi connectivity index (χ0) is 14.5. The number of hydrogen-bond acceptors (Lipinski definition) is 2. The maximum Gasteiger partial charge on any atom is 0.326 e. The van der Waals surface area contributed by atoms with E-state index in [1.54, 1.807) is 0 Å². The first kappa shape index (κ1) is 14.9. The molecule has 0 fully saturated rings. The van der Waals surface area contributed by atoms with Gasteiger partial charge in [0.15, 0.2) is 0 Å². The van der Waals surface area contributed by atoms with Crippen LogP contribution in [0.4, 0.5) is 5.69 Å². The minimum atomic E-state index is -0.797. The van der Waals surface area contributed by atoms with Gasteiger partial charge in [-0.05, 0) is 41.5 Å². The number of carboxylic acid groups (broad SMARTS) is 1. The number of aliphatic carboxylic acids is 1. The van der Waals surface area contributed by atoms with Crippen molar-refractivity contribution >= 4 is 38.4 Å². The summed E-state index contributed by atoms with van der Waals surface area (Å²) in [5.74, 6) is -0.797. The Labute approximate surface area is 127 Å². The van der Waals surface area contributed by atoms with E-state index in [-0.39, 0.29) is 0 Å². The van der Waals surface area contributed by atoms with E-state index >= 15 is 0 Å². The Morgan fingerprint density at radius 1 is 1.25 bits per heavy atom. The molecule has 0 aliphatic carbocycles. The predicted molar refractivity (Wildman–Crippen MR) is 86.2 cm³/mol. The lowest BCUT2D eigenvalue weighted by Gasteiger charge is -2.16. The number of halogens is 1. The topological polar surface area (TPSA) is 49.3 Å². The van der Waals surface area contributed by atoms with Crippen LogP contribution in [-0.2, 0) is 4.79 Å². The van der Waals surface area contributed by atoms with E-state index in [0.29, 0.717) is 6.42 Å². The Morgan fingerprint density at radius 3 is 2.65 bits per heavy atom. The fraction of sp³-hybridized carbons (Fsp3) is 0.312. The molecule has 2 aromatic carbocycles. The smallest absolute Gasteiger partial charge is 0.326 e. The Morgan fingerprint density at radius 2 is 1.95 bits per heavy atom. The molecule has 0 heterocycles. The van der Waals surface area contributed by atoms with Crippen molar-refractivity contribution in [3.63, 3.8) is 0 Å². The van der Waals surface area contributed by atoms with Crippen molar-refractivity contribution in [1.29, 1.82) is 0 Å². The second-order valence-electron chi connectivity index (χ2n) is 4.88. The van der Waals surface area contributed by atoms with Crippen molar-refractivity contribution in [2.75, 3.05) is 5.32 Å². The van der Waals surface area contributed by atoms with E-state index in [1.807, 2.05) is 36.4 Å². The largest absolute Gasteiger partial charge is 0.480 e. The molecule has 0 bridgehead atoms. The molecule has 0 aromatic heterocycles. The summed E-state index contributed by atoms with van der Waals surface area (Å²) in [7, 11) is 0. The standard InChI is InChI=1S/C16H18BrNO2/c1-2-3-4-15(16(19)20)18-14-8-6-11-9-13(17)7-5-12(11)10-14/h5-10,15,18H,2-4H2,1H3,(H,19,20). The average molecular weight is 336 g/mol.